The minimum absolute atomic E-state index is 0. The number of nitrogens with zero attached hydrogens (tertiary/aromatic N) is 4. The van der Waals surface area contributed by atoms with E-state index < -0.39 is 0 Å². The number of pyridine rings is 2. The standard InChI is InChI=1S/C29H22N4O4S.ClH/c1-36-23-13-18-12-19(16-34)31-27(22(18)15-24(23)37-2)17-9-10-30-26(14-17)33-29(35)21-7-4-3-6-20(21)28(32-33)25-8-5-11-38-25;/h3-15,34H,16H2,1-2H3;1H. The van der Waals surface area contributed by atoms with Crippen molar-refractivity contribution in [3.8, 4) is 39.1 Å². The molecule has 0 aliphatic heterocycles. The highest BCUT2D eigenvalue weighted by Crippen LogP contribution is 2.37. The van der Waals surface area contributed by atoms with E-state index in [0.29, 0.717) is 45.3 Å². The maximum absolute atomic E-state index is 13.6. The fourth-order valence-corrected chi connectivity index (χ4v) is 5.28. The van der Waals surface area contributed by atoms with Crippen LogP contribution in [0.2, 0.25) is 0 Å². The largest absolute Gasteiger partial charge is 0.493 e. The average Bonchev–Trinajstić information content (AvgIpc) is 3.51. The lowest BCUT2D eigenvalue weighted by Crippen LogP contribution is -2.23. The number of aliphatic hydroxyl groups excluding tert-OH is 1. The van der Waals surface area contributed by atoms with Crippen molar-refractivity contribution in [2.45, 2.75) is 6.61 Å². The van der Waals surface area contributed by atoms with Crippen LogP contribution in [0.1, 0.15) is 5.69 Å². The van der Waals surface area contributed by atoms with Crippen LogP contribution in [0.15, 0.2) is 83.1 Å². The molecular weight excluding hydrogens is 536 g/mol. The number of aromatic nitrogens is 4. The number of methoxy groups -OCH3 is 2. The summed E-state index contributed by atoms with van der Waals surface area (Å²) < 4.78 is 12.3. The first-order chi connectivity index (χ1) is 18.6. The Bertz CT molecular complexity index is 1870. The molecule has 6 aromatic rings. The van der Waals surface area contributed by atoms with Crippen molar-refractivity contribution in [1.29, 1.82) is 0 Å². The Balaban J connectivity index is 0.00000308. The molecule has 6 rings (SSSR count). The van der Waals surface area contributed by atoms with Gasteiger partial charge in [-0.15, -0.1) is 23.7 Å². The third-order valence-corrected chi connectivity index (χ3v) is 7.22. The maximum atomic E-state index is 13.6. The molecule has 0 amide bonds. The molecule has 0 bridgehead atoms. The van der Waals surface area contributed by atoms with Gasteiger partial charge in [0, 0.05) is 22.5 Å². The van der Waals surface area contributed by atoms with Gasteiger partial charge in [0.1, 0.15) is 5.69 Å². The summed E-state index contributed by atoms with van der Waals surface area (Å²) in [6.45, 7) is -0.231. The number of halogens is 1. The lowest BCUT2D eigenvalue weighted by atomic mass is 10.0. The number of ether oxygens (including phenoxy) is 2. The molecule has 0 saturated heterocycles. The first-order valence-electron chi connectivity index (χ1n) is 11.8. The van der Waals surface area contributed by atoms with E-state index >= 15 is 0 Å². The Kier molecular flexibility index (Phi) is 7.30. The van der Waals surface area contributed by atoms with Crippen molar-refractivity contribution in [2.75, 3.05) is 14.2 Å². The topological polar surface area (TPSA) is 99.4 Å². The monoisotopic (exact) mass is 558 g/mol. The van der Waals surface area contributed by atoms with Gasteiger partial charge in [0.15, 0.2) is 17.3 Å². The van der Waals surface area contributed by atoms with E-state index in [-0.39, 0.29) is 24.6 Å². The number of rotatable bonds is 6. The molecule has 0 spiro atoms. The van der Waals surface area contributed by atoms with E-state index in [4.69, 9.17) is 19.6 Å². The predicted octanol–water partition coefficient (Wildman–Crippen LogP) is 5.66. The van der Waals surface area contributed by atoms with Gasteiger partial charge in [-0.1, -0.05) is 24.3 Å². The zero-order valence-corrected chi connectivity index (χ0v) is 22.6. The molecule has 0 radical (unpaired) electrons. The smallest absolute Gasteiger partial charge is 0.280 e. The molecule has 4 heterocycles. The molecule has 196 valence electrons. The number of hydrogen-bond acceptors (Lipinski definition) is 8. The van der Waals surface area contributed by atoms with Crippen molar-refractivity contribution < 1.29 is 14.6 Å². The maximum Gasteiger partial charge on any atom is 0.280 e. The lowest BCUT2D eigenvalue weighted by molar-refractivity contribution is 0.277. The lowest BCUT2D eigenvalue weighted by Gasteiger charge is -2.14. The van der Waals surface area contributed by atoms with E-state index in [1.165, 1.54) is 4.68 Å². The van der Waals surface area contributed by atoms with Gasteiger partial charge in [-0.05, 0) is 53.2 Å². The van der Waals surface area contributed by atoms with Crippen LogP contribution in [0, 0.1) is 0 Å². The average molecular weight is 559 g/mol. The van der Waals surface area contributed by atoms with Gasteiger partial charge in [0.2, 0.25) is 0 Å². The summed E-state index contributed by atoms with van der Waals surface area (Å²) in [7, 11) is 3.15. The van der Waals surface area contributed by atoms with Crippen molar-refractivity contribution in [1.82, 2.24) is 19.7 Å². The fourth-order valence-electron chi connectivity index (χ4n) is 4.56. The highest BCUT2D eigenvalue weighted by molar-refractivity contribution is 7.13. The van der Waals surface area contributed by atoms with Crippen LogP contribution in [0.25, 0.3) is 49.2 Å². The molecule has 0 saturated carbocycles. The van der Waals surface area contributed by atoms with E-state index in [1.807, 2.05) is 60.0 Å². The van der Waals surface area contributed by atoms with Crippen molar-refractivity contribution in [3.05, 3.63) is 94.4 Å². The van der Waals surface area contributed by atoms with Crippen LogP contribution >= 0.6 is 23.7 Å². The Morgan fingerprint density at radius 2 is 1.67 bits per heavy atom. The van der Waals surface area contributed by atoms with Gasteiger partial charge in [-0.3, -0.25) is 4.79 Å². The minimum Gasteiger partial charge on any atom is -0.493 e. The summed E-state index contributed by atoms with van der Waals surface area (Å²) in [5.41, 5.74) is 2.27. The zero-order valence-electron chi connectivity index (χ0n) is 21.0. The number of thiophene rings is 1. The van der Waals surface area contributed by atoms with Gasteiger partial charge in [0.25, 0.3) is 5.56 Å². The molecule has 0 fully saturated rings. The van der Waals surface area contributed by atoms with Crippen LogP contribution in [-0.4, -0.2) is 39.1 Å². The molecule has 1 N–H and O–H groups in total. The van der Waals surface area contributed by atoms with Gasteiger partial charge < -0.3 is 14.6 Å². The van der Waals surface area contributed by atoms with E-state index in [1.54, 1.807) is 43.9 Å². The van der Waals surface area contributed by atoms with Gasteiger partial charge >= 0.3 is 0 Å². The second-order valence-corrected chi connectivity index (χ2v) is 9.49. The Labute approximate surface area is 233 Å². The number of fused-ring (bicyclic) bond motifs is 2. The minimum atomic E-state index is -0.265. The number of aliphatic hydroxyl groups is 1. The molecule has 0 aliphatic carbocycles. The zero-order chi connectivity index (χ0) is 26.2. The summed E-state index contributed by atoms with van der Waals surface area (Å²) in [6, 6.07) is 20.5. The first-order valence-corrected chi connectivity index (χ1v) is 12.7. The van der Waals surface area contributed by atoms with E-state index in [9.17, 15) is 9.90 Å². The summed E-state index contributed by atoms with van der Waals surface area (Å²) in [5.74, 6) is 1.49. The second-order valence-electron chi connectivity index (χ2n) is 8.54. The van der Waals surface area contributed by atoms with E-state index in [0.717, 1.165) is 21.0 Å². The van der Waals surface area contributed by atoms with E-state index in [2.05, 4.69) is 4.98 Å². The second kappa shape index (κ2) is 10.8. The van der Waals surface area contributed by atoms with Crippen molar-refractivity contribution in [2.24, 2.45) is 0 Å². The highest BCUT2D eigenvalue weighted by Gasteiger charge is 2.17. The molecular formula is C29H23ClN4O4S. The normalized spacial score (nSPS) is 10.9. The molecule has 0 unspecified atom stereocenters. The van der Waals surface area contributed by atoms with Crippen LogP contribution in [-0.2, 0) is 6.61 Å². The summed E-state index contributed by atoms with van der Waals surface area (Å²) in [6.07, 6.45) is 1.62. The van der Waals surface area contributed by atoms with Crippen LogP contribution in [0.4, 0.5) is 0 Å². The third kappa shape index (κ3) is 4.61. The van der Waals surface area contributed by atoms with Crippen LogP contribution in [0.5, 0.6) is 11.5 Å². The predicted molar refractivity (Wildman–Crippen MR) is 155 cm³/mol. The van der Waals surface area contributed by atoms with Crippen LogP contribution in [0.3, 0.4) is 0 Å². The van der Waals surface area contributed by atoms with Crippen LogP contribution < -0.4 is 15.0 Å². The molecule has 39 heavy (non-hydrogen) atoms. The molecule has 0 aliphatic rings. The Morgan fingerprint density at radius 3 is 2.38 bits per heavy atom. The Hall–Kier alpha value is -4.31. The SMILES string of the molecule is COc1cc2cc(CO)nc(-c3ccnc(-n4nc(-c5cccs5)c5ccccc5c4=O)c3)c2cc1OC.Cl. The number of hydrogen-bond donors (Lipinski definition) is 1. The molecule has 10 heteroatoms. The summed E-state index contributed by atoms with van der Waals surface area (Å²) in [4.78, 5) is 23.7. The Morgan fingerprint density at radius 1 is 0.897 bits per heavy atom. The fraction of sp³-hybridized carbons (Fsp3) is 0.103. The van der Waals surface area contributed by atoms with Gasteiger partial charge in [-0.2, -0.15) is 9.78 Å². The number of benzene rings is 2. The van der Waals surface area contributed by atoms with Crippen molar-refractivity contribution in [3.63, 3.8) is 0 Å². The highest BCUT2D eigenvalue weighted by atomic mass is 35.5. The van der Waals surface area contributed by atoms with Gasteiger partial charge in [0.05, 0.1) is 42.5 Å². The molecule has 4 aromatic heterocycles. The molecule has 2 aromatic carbocycles. The molecule has 8 nitrogen and oxygen atoms in total. The quantitative estimate of drug-likeness (QED) is 0.282. The summed E-state index contributed by atoms with van der Waals surface area (Å²) in [5, 5.41) is 19.6. The third-order valence-electron chi connectivity index (χ3n) is 6.35. The summed E-state index contributed by atoms with van der Waals surface area (Å²) >= 11 is 1.56. The molecule has 0 atom stereocenters. The van der Waals surface area contributed by atoms with Crippen molar-refractivity contribution >= 4 is 45.3 Å². The van der Waals surface area contributed by atoms with Gasteiger partial charge in [-0.25, -0.2) is 9.97 Å². The first kappa shape index (κ1) is 26.3.